The van der Waals surface area contributed by atoms with Crippen molar-refractivity contribution >= 4 is 30.0 Å². The minimum atomic E-state index is -4.44. The summed E-state index contributed by atoms with van der Waals surface area (Å²) in [5.74, 6) is 0.452. The number of anilines is 1. The van der Waals surface area contributed by atoms with Crippen LogP contribution in [0.3, 0.4) is 0 Å². The van der Waals surface area contributed by atoms with Crippen LogP contribution in [0.1, 0.15) is 29.7 Å². The molecule has 0 radical (unpaired) electrons. The van der Waals surface area contributed by atoms with Gasteiger partial charge in [0, 0.05) is 72.0 Å². The van der Waals surface area contributed by atoms with Crippen LogP contribution in [0, 0.1) is 5.92 Å². The van der Waals surface area contributed by atoms with Crippen molar-refractivity contribution in [3.8, 4) is 44.8 Å². The summed E-state index contributed by atoms with van der Waals surface area (Å²) >= 11 is 5.84. The first-order valence-electron chi connectivity index (χ1n) is 17.4. The zero-order valence-electron chi connectivity index (χ0n) is 30.5. The Kier molecular flexibility index (Phi) is 14.1. The van der Waals surface area contributed by atoms with Crippen molar-refractivity contribution in [3.05, 3.63) is 162 Å². The van der Waals surface area contributed by atoms with Crippen LogP contribution in [-0.2, 0) is 12.4 Å². The average molecular weight is 836 g/mol. The van der Waals surface area contributed by atoms with Gasteiger partial charge in [0.05, 0.1) is 22.5 Å². The van der Waals surface area contributed by atoms with Crippen molar-refractivity contribution in [2.45, 2.75) is 25.3 Å². The molecule has 3 N–H and O–H groups in total. The third-order valence-corrected chi connectivity index (χ3v) is 9.02. The fraction of sp³-hybridized carbons (Fsp3) is 0.143. The molecular formula is C42H34Cl2F6N8. The minimum Gasteiger partial charge on any atom is -0.354 e. The number of aromatic nitrogens is 6. The van der Waals surface area contributed by atoms with E-state index < -0.39 is 23.5 Å². The van der Waals surface area contributed by atoms with E-state index in [0.29, 0.717) is 51.7 Å². The second kappa shape index (κ2) is 19.0. The van der Waals surface area contributed by atoms with E-state index in [1.807, 2.05) is 37.3 Å². The predicted octanol–water partition coefficient (Wildman–Crippen LogP) is 11.3. The van der Waals surface area contributed by atoms with Crippen molar-refractivity contribution in [2.24, 2.45) is 11.7 Å². The SMILES string of the molecule is C[C@H](CNc1ncc(-c2cccc(C(F)(F)F)c2)c(-c2ccncc2)n1)[C@@H](N)c1ccccc1.Cl.FC(F)(F)c1cccc(-c2cnc(Cl)nc2-c2ccncc2)c1. The van der Waals surface area contributed by atoms with Gasteiger partial charge in [-0.3, -0.25) is 9.97 Å². The number of alkyl halides is 6. The van der Waals surface area contributed by atoms with Gasteiger partial charge in [-0.25, -0.2) is 19.9 Å². The lowest BCUT2D eigenvalue weighted by Gasteiger charge is -2.21. The maximum atomic E-state index is 13.3. The van der Waals surface area contributed by atoms with Gasteiger partial charge in [0.1, 0.15) is 0 Å². The number of nitrogens with two attached hydrogens (primary N) is 1. The van der Waals surface area contributed by atoms with Crippen LogP contribution in [0.4, 0.5) is 32.3 Å². The molecule has 2 atom stereocenters. The smallest absolute Gasteiger partial charge is 0.354 e. The van der Waals surface area contributed by atoms with Crippen molar-refractivity contribution < 1.29 is 26.3 Å². The number of hydrogen-bond acceptors (Lipinski definition) is 8. The predicted molar refractivity (Wildman–Crippen MR) is 215 cm³/mol. The highest BCUT2D eigenvalue weighted by Gasteiger charge is 2.32. The third kappa shape index (κ3) is 10.9. The Morgan fingerprint density at radius 1 is 0.621 bits per heavy atom. The largest absolute Gasteiger partial charge is 0.416 e. The van der Waals surface area contributed by atoms with Crippen molar-refractivity contribution in [1.82, 2.24) is 29.9 Å². The summed E-state index contributed by atoms with van der Waals surface area (Å²) in [5.41, 5.74) is 10.1. The van der Waals surface area contributed by atoms with Gasteiger partial charge in [-0.15, -0.1) is 12.4 Å². The highest BCUT2D eigenvalue weighted by atomic mass is 35.5. The summed E-state index contributed by atoms with van der Waals surface area (Å²) < 4.78 is 78.6. The maximum Gasteiger partial charge on any atom is 0.416 e. The van der Waals surface area contributed by atoms with Gasteiger partial charge < -0.3 is 11.1 Å². The van der Waals surface area contributed by atoms with Gasteiger partial charge in [0.25, 0.3) is 0 Å². The molecule has 16 heteroatoms. The van der Waals surface area contributed by atoms with Crippen LogP contribution in [0.2, 0.25) is 5.28 Å². The second-order valence-corrected chi connectivity index (χ2v) is 13.1. The van der Waals surface area contributed by atoms with Crippen molar-refractivity contribution in [1.29, 1.82) is 0 Å². The van der Waals surface area contributed by atoms with E-state index in [9.17, 15) is 26.3 Å². The van der Waals surface area contributed by atoms with Gasteiger partial charge in [0.15, 0.2) is 0 Å². The molecule has 8 nitrogen and oxygen atoms in total. The number of benzene rings is 3. The standard InChI is InChI=1S/C26H24F3N5.C16H9ClF3N3.ClH/c1-17(23(30)18-6-3-2-4-7-18)15-32-25-33-16-22(24(34-25)19-10-12-31-13-11-19)20-8-5-9-21(14-20)26(27,28)29;17-15-22-9-13(14(23-15)10-4-6-21-7-5-10)11-2-1-3-12(8-11)16(18,19)20;/h2-14,16-17,23H,15,30H2,1H3,(H,32,33,34);1-9H;1H/t17-,23-;;/m1../s1. The number of rotatable bonds is 9. The molecule has 4 aromatic heterocycles. The molecule has 7 rings (SSSR count). The van der Waals surface area contributed by atoms with Crippen LogP contribution in [0.25, 0.3) is 44.8 Å². The van der Waals surface area contributed by atoms with E-state index in [4.69, 9.17) is 17.3 Å². The second-order valence-electron chi connectivity index (χ2n) is 12.8. The van der Waals surface area contributed by atoms with Crippen LogP contribution >= 0.6 is 24.0 Å². The lowest BCUT2D eigenvalue weighted by atomic mass is 9.95. The summed E-state index contributed by atoms with van der Waals surface area (Å²) in [7, 11) is 0. The Bertz CT molecular complexity index is 2400. The van der Waals surface area contributed by atoms with Crippen LogP contribution < -0.4 is 11.1 Å². The zero-order valence-corrected chi connectivity index (χ0v) is 32.0. The Balaban J connectivity index is 0.000000233. The highest BCUT2D eigenvalue weighted by Crippen LogP contribution is 2.37. The summed E-state index contributed by atoms with van der Waals surface area (Å²) in [6, 6.07) is 26.8. The molecule has 0 amide bonds. The highest BCUT2D eigenvalue weighted by molar-refractivity contribution is 6.28. The Morgan fingerprint density at radius 3 is 1.60 bits per heavy atom. The first-order chi connectivity index (χ1) is 27.3. The zero-order chi connectivity index (χ0) is 40.6. The molecule has 58 heavy (non-hydrogen) atoms. The molecule has 0 bridgehead atoms. The minimum absolute atomic E-state index is 0. The molecule has 0 fully saturated rings. The molecule has 7 aromatic rings. The third-order valence-electron chi connectivity index (χ3n) is 8.84. The first-order valence-corrected chi connectivity index (χ1v) is 17.8. The summed E-state index contributed by atoms with van der Waals surface area (Å²) in [6.07, 6.45) is 0.470. The monoisotopic (exact) mass is 834 g/mol. The van der Waals surface area contributed by atoms with E-state index in [-0.39, 0.29) is 29.7 Å². The molecule has 3 aromatic carbocycles. The molecule has 298 valence electrons. The number of nitrogens with one attached hydrogen (secondary N) is 1. The van der Waals surface area contributed by atoms with Gasteiger partial charge in [-0.2, -0.15) is 26.3 Å². The van der Waals surface area contributed by atoms with Crippen LogP contribution in [0.5, 0.6) is 0 Å². The molecule has 0 saturated carbocycles. The van der Waals surface area contributed by atoms with E-state index in [1.165, 1.54) is 18.3 Å². The Labute approximate surface area is 341 Å². The fourth-order valence-corrected chi connectivity index (χ4v) is 5.95. The van der Waals surface area contributed by atoms with E-state index in [2.05, 4.69) is 35.2 Å². The molecule has 0 aliphatic heterocycles. The quantitative estimate of drug-likeness (QED) is 0.109. The number of nitrogens with zero attached hydrogens (tertiary/aromatic N) is 6. The Morgan fingerprint density at radius 2 is 1.10 bits per heavy atom. The number of hydrogen-bond donors (Lipinski definition) is 2. The molecule has 0 spiro atoms. The lowest BCUT2D eigenvalue weighted by molar-refractivity contribution is -0.138. The molecule has 0 unspecified atom stereocenters. The van der Waals surface area contributed by atoms with E-state index >= 15 is 0 Å². The van der Waals surface area contributed by atoms with E-state index in [0.717, 1.165) is 35.4 Å². The molecule has 4 heterocycles. The number of halogens is 8. The first kappa shape index (κ1) is 43.2. The van der Waals surface area contributed by atoms with Gasteiger partial charge in [0.2, 0.25) is 11.2 Å². The molecule has 0 aliphatic rings. The van der Waals surface area contributed by atoms with Crippen molar-refractivity contribution in [2.75, 3.05) is 11.9 Å². The topological polar surface area (TPSA) is 115 Å². The Hall–Kier alpha value is -5.96. The summed E-state index contributed by atoms with van der Waals surface area (Å²) in [6.45, 7) is 2.56. The normalized spacial score (nSPS) is 12.4. The summed E-state index contributed by atoms with van der Waals surface area (Å²) in [4.78, 5) is 25.0. The average Bonchev–Trinajstić information content (AvgIpc) is 3.23. The van der Waals surface area contributed by atoms with Gasteiger partial charge >= 0.3 is 12.4 Å². The van der Waals surface area contributed by atoms with Gasteiger partial charge in [-0.1, -0.05) is 61.5 Å². The lowest BCUT2D eigenvalue weighted by Crippen LogP contribution is -2.25. The maximum absolute atomic E-state index is 13.3. The fourth-order valence-electron chi connectivity index (χ4n) is 5.82. The molecular weight excluding hydrogens is 801 g/mol. The summed E-state index contributed by atoms with van der Waals surface area (Å²) in [5, 5.41) is 3.24. The van der Waals surface area contributed by atoms with Crippen LogP contribution in [0.15, 0.2) is 140 Å². The number of pyridine rings is 2. The van der Waals surface area contributed by atoms with Crippen molar-refractivity contribution in [3.63, 3.8) is 0 Å². The van der Waals surface area contributed by atoms with E-state index in [1.54, 1.807) is 67.4 Å². The van der Waals surface area contributed by atoms with Crippen LogP contribution in [-0.4, -0.2) is 36.4 Å². The molecule has 0 saturated heterocycles. The van der Waals surface area contributed by atoms with Gasteiger partial charge in [-0.05, 0) is 82.7 Å². The molecule has 0 aliphatic carbocycles.